The lowest BCUT2D eigenvalue weighted by Crippen LogP contribution is -2.34. The number of hydrogen-bond donors (Lipinski definition) is 3. The van der Waals surface area contributed by atoms with Crippen molar-refractivity contribution in [3.8, 4) is 0 Å². The van der Waals surface area contributed by atoms with Gasteiger partial charge in [-0.25, -0.2) is 9.97 Å². The third-order valence-electron chi connectivity index (χ3n) is 6.30. The van der Waals surface area contributed by atoms with E-state index in [4.69, 9.17) is 20.7 Å². The van der Waals surface area contributed by atoms with Crippen molar-refractivity contribution in [2.45, 2.75) is 32.7 Å². The normalized spacial score (nSPS) is 13.6. The van der Waals surface area contributed by atoms with Crippen molar-refractivity contribution in [1.82, 2.24) is 19.9 Å². The van der Waals surface area contributed by atoms with E-state index in [1.807, 2.05) is 29.8 Å². The molecule has 1 aliphatic carbocycles. The maximum absolute atomic E-state index is 13.5. The SMILES string of the molecule is CCOC(=O)CCN(C(=O)c1ccc2c(c1)nc(CNC1=CC=C(/C(N)=N/O)CC1)n2C)c1ccccn1. The Morgan fingerprint density at radius 3 is 2.76 bits per heavy atom. The number of amides is 1. The zero-order valence-electron chi connectivity index (χ0n) is 21.4. The van der Waals surface area contributed by atoms with E-state index in [0.717, 1.165) is 29.0 Å². The van der Waals surface area contributed by atoms with E-state index in [0.29, 0.717) is 29.9 Å². The second-order valence-electron chi connectivity index (χ2n) is 8.71. The summed E-state index contributed by atoms with van der Waals surface area (Å²) in [5, 5.41) is 15.3. The van der Waals surface area contributed by atoms with Gasteiger partial charge in [-0.05, 0) is 61.7 Å². The molecule has 0 bridgehead atoms. The van der Waals surface area contributed by atoms with Crippen LogP contribution in [0, 0.1) is 0 Å². The van der Waals surface area contributed by atoms with Gasteiger partial charge in [0, 0.05) is 31.0 Å². The van der Waals surface area contributed by atoms with Crippen LogP contribution in [-0.2, 0) is 23.1 Å². The Morgan fingerprint density at radius 2 is 2.08 bits per heavy atom. The van der Waals surface area contributed by atoms with Gasteiger partial charge in [0.05, 0.1) is 30.6 Å². The first-order valence-electron chi connectivity index (χ1n) is 12.4. The van der Waals surface area contributed by atoms with E-state index in [1.165, 1.54) is 4.90 Å². The Bertz CT molecular complexity index is 1410. The molecular weight excluding hydrogens is 486 g/mol. The molecule has 1 aromatic carbocycles. The molecule has 11 heteroatoms. The molecule has 4 N–H and O–H groups in total. The van der Waals surface area contributed by atoms with Gasteiger partial charge in [0.25, 0.3) is 5.91 Å². The quantitative estimate of drug-likeness (QED) is 0.122. The third kappa shape index (κ3) is 6.00. The summed E-state index contributed by atoms with van der Waals surface area (Å²) < 4.78 is 7.01. The largest absolute Gasteiger partial charge is 0.466 e. The van der Waals surface area contributed by atoms with Crippen LogP contribution >= 0.6 is 0 Å². The second kappa shape index (κ2) is 12.0. The predicted molar refractivity (Wildman–Crippen MR) is 144 cm³/mol. The minimum absolute atomic E-state index is 0.0593. The van der Waals surface area contributed by atoms with Crippen molar-refractivity contribution >= 4 is 34.6 Å². The number of rotatable bonds is 10. The van der Waals surface area contributed by atoms with Crippen molar-refractivity contribution in [3.63, 3.8) is 0 Å². The number of carbonyl (C=O) groups is 2. The highest BCUT2D eigenvalue weighted by Gasteiger charge is 2.21. The molecule has 198 valence electrons. The number of anilines is 1. The summed E-state index contributed by atoms with van der Waals surface area (Å²) in [5.41, 5.74) is 9.50. The van der Waals surface area contributed by atoms with Gasteiger partial charge in [-0.3, -0.25) is 14.5 Å². The van der Waals surface area contributed by atoms with Crippen LogP contribution < -0.4 is 16.0 Å². The van der Waals surface area contributed by atoms with Crippen LogP contribution in [0.25, 0.3) is 11.0 Å². The molecule has 2 aromatic heterocycles. The molecule has 0 aliphatic heterocycles. The minimum atomic E-state index is -0.372. The van der Waals surface area contributed by atoms with Crippen molar-refractivity contribution in [2.24, 2.45) is 17.9 Å². The number of allylic oxidation sites excluding steroid dienone is 3. The van der Waals surface area contributed by atoms with E-state index in [-0.39, 0.29) is 37.3 Å². The average Bonchev–Trinajstić information content (AvgIpc) is 3.27. The zero-order valence-corrected chi connectivity index (χ0v) is 21.4. The molecule has 0 spiro atoms. The number of benzene rings is 1. The van der Waals surface area contributed by atoms with E-state index in [1.54, 1.807) is 43.5 Å². The summed E-state index contributed by atoms with van der Waals surface area (Å²) >= 11 is 0. The summed E-state index contributed by atoms with van der Waals surface area (Å²) in [4.78, 5) is 36.0. The fourth-order valence-electron chi connectivity index (χ4n) is 4.22. The van der Waals surface area contributed by atoms with Crippen LogP contribution in [0.15, 0.2) is 71.2 Å². The van der Waals surface area contributed by atoms with E-state index < -0.39 is 0 Å². The monoisotopic (exact) mass is 517 g/mol. The fourth-order valence-corrected chi connectivity index (χ4v) is 4.22. The molecule has 1 aliphatic rings. The first kappa shape index (κ1) is 26.4. The van der Waals surface area contributed by atoms with E-state index in [9.17, 15) is 9.59 Å². The Kier molecular flexibility index (Phi) is 8.37. The highest BCUT2D eigenvalue weighted by Crippen LogP contribution is 2.22. The second-order valence-corrected chi connectivity index (χ2v) is 8.71. The van der Waals surface area contributed by atoms with Crippen LogP contribution in [-0.4, -0.2) is 50.6 Å². The molecule has 0 saturated heterocycles. The number of amidine groups is 1. The first-order valence-corrected chi connectivity index (χ1v) is 12.4. The molecule has 0 saturated carbocycles. The van der Waals surface area contributed by atoms with Gasteiger partial charge in [-0.1, -0.05) is 17.3 Å². The van der Waals surface area contributed by atoms with Crippen molar-refractivity contribution in [2.75, 3.05) is 18.1 Å². The number of nitrogens with zero attached hydrogens (tertiary/aromatic N) is 5. The fraction of sp³-hybridized carbons (Fsp3) is 0.296. The standard InChI is InChI=1S/C27H31N7O4/c1-3-38-25(35)13-15-34(23-6-4-5-14-29-23)27(36)19-9-12-22-21(16-19)31-24(33(22)2)17-30-20-10-7-18(8-11-20)26(28)32-37/h4-7,9-10,12,14,16,30,37H,3,8,11,13,15,17H2,1-2H3,(H2,28,32). The van der Waals surface area contributed by atoms with Gasteiger partial charge in [0.15, 0.2) is 5.84 Å². The lowest BCUT2D eigenvalue weighted by atomic mass is 10.0. The van der Waals surface area contributed by atoms with Crippen molar-refractivity contribution < 1.29 is 19.5 Å². The number of carbonyl (C=O) groups excluding carboxylic acids is 2. The van der Waals surface area contributed by atoms with Crippen molar-refractivity contribution in [1.29, 1.82) is 0 Å². The Labute approximate surface area is 220 Å². The van der Waals surface area contributed by atoms with Gasteiger partial charge >= 0.3 is 5.97 Å². The van der Waals surface area contributed by atoms with E-state index in [2.05, 4.69) is 15.5 Å². The van der Waals surface area contributed by atoms with Crippen LogP contribution in [0.2, 0.25) is 0 Å². The number of imidazole rings is 1. The maximum atomic E-state index is 13.5. The molecule has 0 fully saturated rings. The number of esters is 1. The lowest BCUT2D eigenvalue weighted by molar-refractivity contribution is -0.142. The Hall–Kier alpha value is -4.67. The number of aromatic nitrogens is 3. The number of pyridine rings is 1. The number of fused-ring (bicyclic) bond motifs is 1. The number of oxime groups is 1. The summed E-state index contributed by atoms with van der Waals surface area (Å²) in [6.07, 6.45) is 6.83. The smallest absolute Gasteiger partial charge is 0.307 e. The number of hydrogen-bond acceptors (Lipinski definition) is 8. The number of nitrogens with two attached hydrogens (primary N) is 1. The zero-order chi connectivity index (χ0) is 27.1. The first-order chi connectivity index (χ1) is 18.4. The van der Waals surface area contributed by atoms with Gasteiger partial charge in [0.1, 0.15) is 11.6 Å². The number of aryl methyl sites for hydroxylation is 1. The van der Waals surface area contributed by atoms with Crippen LogP contribution in [0.3, 0.4) is 0 Å². The highest BCUT2D eigenvalue weighted by molar-refractivity contribution is 6.07. The molecule has 1 amide bonds. The van der Waals surface area contributed by atoms with Crippen LogP contribution in [0.4, 0.5) is 5.82 Å². The van der Waals surface area contributed by atoms with Gasteiger partial charge in [-0.2, -0.15) is 0 Å². The predicted octanol–water partition coefficient (Wildman–Crippen LogP) is 3.01. The summed E-state index contributed by atoms with van der Waals surface area (Å²) in [6.45, 7) is 2.67. The molecule has 0 radical (unpaired) electrons. The number of ether oxygens (including phenoxy) is 1. The number of nitrogens with one attached hydrogen (secondary N) is 1. The Morgan fingerprint density at radius 1 is 1.24 bits per heavy atom. The molecule has 3 aromatic rings. The molecular formula is C27H31N7O4. The summed E-state index contributed by atoms with van der Waals surface area (Å²) in [5.74, 6) is 0.742. The minimum Gasteiger partial charge on any atom is -0.466 e. The van der Waals surface area contributed by atoms with Crippen molar-refractivity contribution in [3.05, 3.63) is 77.4 Å². The van der Waals surface area contributed by atoms with Gasteiger partial charge < -0.3 is 25.6 Å². The molecule has 38 heavy (non-hydrogen) atoms. The lowest BCUT2D eigenvalue weighted by Gasteiger charge is -2.21. The summed E-state index contributed by atoms with van der Waals surface area (Å²) in [7, 11) is 1.93. The van der Waals surface area contributed by atoms with Gasteiger partial charge in [-0.15, -0.1) is 0 Å². The molecule has 0 unspecified atom stereocenters. The topological polar surface area (TPSA) is 148 Å². The molecule has 0 atom stereocenters. The average molecular weight is 518 g/mol. The summed E-state index contributed by atoms with van der Waals surface area (Å²) in [6, 6.07) is 10.7. The molecule has 2 heterocycles. The van der Waals surface area contributed by atoms with E-state index >= 15 is 0 Å². The Balaban J connectivity index is 1.52. The molecule has 11 nitrogen and oxygen atoms in total. The van der Waals surface area contributed by atoms with Gasteiger partial charge in [0.2, 0.25) is 0 Å². The molecule has 4 rings (SSSR count). The maximum Gasteiger partial charge on any atom is 0.307 e. The van der Waals surface area contributed by atoms with Crippen LogP contribution in [0.5, 0.6) is 0 Å². The third-order valence-corrected chi connectivity index (χ3v) is 6.30. The van der Waals surface area contributed by atoms with Crippen LogP contribution in [0.1, 0.15) is 42.4 Å². The highest BCUT2D eigenvalue weighted by atomic mass is 16.5.